The van der Waals surface area contributed by atoms with E-state index in [0.29, 0.717) is 13.0 Å². The van der Waals surface area contributed by atoms with Crippen LogP contribution in [-0.4, -0.2) is 29.1 Å². The fraction of sp³-hybridized carbons (Fsp3) is 0.417. The van der Waals surface area contributed by atoms with Crippen molar-refractivity contribution in [2.45, 2.75) is 18.1 Å². The van der Waals surface area contributed by atoms with Crippen molar-refractivity contribution in [2.75, 3.05) is 13.1 Å². The molecule has 1 saturated heterocycles. The molecule has 0 N–H and O–H groups in total. The van der Waals surface area contributed by atoms with Crippen molar-refractivity contribution >= 4 is 18.5 Å². The van der Waals surface area contributed by atoms with Crippen LogP contribution in [-0.2, 0) is 11.2 Å². The summed E-state index contributed by atoms with van der Waals surface area (Å²) in [5.41, 5.74) is 1.05. The van der Waals surface area contributed by atoms with Crippen LogP contribution in [0.5, 0.6) is 0 Å². The first-order chi connectivity index (χ1) is 7.65. The molecule has 1 fully saturated rings. The van der Waals surface area contributed by atoms with Gasteiger partial charge in [-0.05, 0) is 24.1 Å². The predicted molar refractivity (Wildman–Crippen MR) is 64.1 cm³/mol. The highest BCUT2D eigenvalue weighted by Crippen LogP contribution is 2.16. The molecule has 0 aliphatic carbocycles. The van der Waals surface area contributed by atoms with Gasteiger partial charge in [0.2, 0.25) is 5.91 Å². The molecular weight excluding hydrogens is 225 g/mol. The van der Waals surface area contributed by atoms with E-state index in [4.69, 9.17) is 0 Å². The summed E-state index contributed by atoms with van der Waals surface area (Å²) in [5, 5.41) is 0.167. The van der Waals surface area contributed by atoms with Gasteiger partial charge in [0, 0.05) is 24.8 Å². The third-order valence-corrected chi connectivity index (χ3v) is 3.12. The topological polar surface area (TPSA) is 20.3 Å². The molecule has 16 heavy (non-hydrogen) atoms. The Hall–Kier alpha value is -1.03. The molecule has 1 aromatic carbocycles. The first-order valence-corrected chi connectivity index (χ1v) is 5.87. The van der Waals surface area contributed by atoms with Crippen molar-refractivity contribution < 1.29 is 9.18 Å². The fourth-order valence-corrected chi connectivity index (χ4v) is 2.24. The van der Waals surface area contributed by atoms with Gasteiger partial charge in [-0.25, -0.2) is 4.39 Å². The normalized spacial score (nSPS) is 20.5. The van der Waals surface area contributed by atoms with Crippen LogP contribution in [0.3, 0.4) is 0 Å². The lowest BCUT2D eigenvalue weighted by molar-refractivity contribution is -0.127. The molecule has 1 aliphatic rings. The van der Waals surface area contributed by atoms with Crippen molar-refractivity contribution in [3.63, 3.8) is 0 Å². The summed E-state index contributed by atoms with van der Waals surface area (Å²) in [5.74, 6) is -0.0569. The Morgan fingerprint density at radius 3 is 2.62 bits per heavy atom. The lowest BCUT2D eigenvalue weighted by Crippen LogP contribution is -2.27. The minimum Gasteiger partial charge on any atom is -0.341 e. The van der Waals surface area contributed by atoms with Crippen molar-refractivity contribution in [1.82, 2.24) is 4.90 Å². The van der Waals surface area contributed by atoms with Crippen molar-refractivity contribution in [3.05, 3.63) is 35.6 Å². The summed E-state index contributed by atoms with van der Waals surface area (Å²) in [6.07, 6.45) is 1.30. The van der Waals surface area contributed by atoms with Crippen LogP contribution < -0.4 is 0 Å². The SMILES string of the molecule is O=C1CC(S)CN1CCc1ccc(F)cc1. The first kappa shape index (κ1) is 11.5. The van der Waals surface area contributed by atoms with Crippen LogP contribution in [0.1, 0.15) is 12.0 Å². The lowest BCUT2D eigenvalue weighted by Gasteiger charge is -2.15. The molecule has 0 aromatic heterocycles. The number of thiol groups is 1. The number of carbonyl (C=O) groups is 1. The maximum absolute atomic E-state index is 12.7. The number of carbonyl (C=O) groups excluding carboxylic acids is 1. The molecule has 4 heteroatoms. The third kappa shape index (κ3) is 2.76. The molecule has 0 saturated carbocycles. The Bertz CT molecular complexity index is 379. The van der Waals surface area contributed by atoms with Crippen LogP contribution in [0.15, 0.2) is 24.3 Å². The highest BCUT2D eigenvalue weighted by molar-refractivity contribution is 7.81. The van der Waals surface area contributed by atoms with E-state index in [1.165, 1.54) is 12.1 Å². The largest absolute Gasteiger partial charge is 0.341 e. The van der Waals surface area contributed by atoms with Crippen molar-refractivity contribution in [3.8, 4) is 0 Å². The van der Waals surface area contributed by atoms with E-state index in [-0.39, 0.29) is 17.0 Å². The number of rotatable bonds is 3. The van der Waals surface area contributed by atoms with Gasteiger partial charge in [-0.1, -0.05) is 12.1 Å². The second kappa shape index (κ2) is 4.87. The summed E-state index contributed by atoms with van der Waals surface area (Å²) < 4.78 is 12.7. The number of amides is 1. The van der Waals surface area contributed by atoms with Gasteiger partial charge in [-0.3, -0.25) is 4.79 Å². The minimum atomic E-state index is -0.226. The van der Waals surface area contributed by atoms with E-state index in [1.54, 1.807) is 12.1 Å². The fourth-order valence-electron chi connectivity index (χ4n) is 1.88. The summed E-state index contributed by atoms with van der Waals surface area (Å²) in [7, 11) is 0. The molecular formula is C12H14FNOS. The van der Waals surface area contributed by atoms with Crippen molar-refractivity contribution in [2.24, 2.45) is 0 Å². The van der Waals surface area contributed by atoms with Crippen LogP contribution in [0.2, 0.25) is 0 Å². The molecule has 2 rings (SSSR count). The maximum Gasteiger partial charge on any atom is 0.223 e. The Morgan fingerprint density at radius 1 is 1.38 bits per heavy atom. The van der Waals surface area contributed by atoms with Gasteiger partial charge >= 0.3 is 0 Å². The highest BCUT2D eigenvalue weighted by atomic mass is 32.1. The monoisotopic (exact) mass is 239 g/mol. The van der Waals surface area contributed by atoms with Gasteiger partial charge < -0.3 is 4.90 Å². The molecule has 1 aliphatic heterocycles. The molecule has 1 heterocycles. The Morgan fingerprint density at radius 2 is 2.06 bits per heavy atom. The minimum absolute atomic E-state index is 0.167. The number of halogens is 1. The maximum atomic E-state index is 12.7. The van der Waals surface area contributed by atoms with Crippen molar-refractivity contribution in [1.29, 1.82) is 0 Å². The van der Waals surface area contributed by atoms with Gasteiger partial charge in [0.1, 0.15) is 5.82 Å². The molecule has 1 unspecified atom stereocenters. The van der Waals surface area contributed by atoms with Gasteiger partial charge in [-0.2, -0.15) is 12.6 Å². The number of likely N-dealkylation sites (tertiary alicyclic amines) is 1. The number of hydrogen-bond acceptors (Lipinski definition) is 2. The van der Waals surface area contributed by atoms with Gasteiger partial charge in [0.25, 0.3) is 0 Å². The quantitative estimate of drug-likeness (QED) is 0.799. The lowest BCUT2D eigenvalue weighted by atomic mass is 10.1. The van der Waals surface area contributed by atoms with Crippen LogP contribution in [0, 0.1) is 5.82 Å². The summed E-state index contributed by atoms with van der Waals surface area (Å²) in [6.45, 7) is 1.42. The Balaban J connectivity index is 1.88. The van der Waals surface area contributed by atoms with E-state index in [1.807, 2.05) is 4.90 Å². The molecule has 0 radical (unpaired) electrons. The average Bonchev–Trinajstić information content (AvgIpc) is 2.57. The van der Waals surface area contributed by atoms with E-state index < -0.39 is 0 Å². The molecule has 1 amide bonds. The van der Waals surface area contributed by atoms with E-state index in [0.717, 1.165) is 18.5 Å². The smallest absolute Gasteiger partial charge is 0.223 e. The van der Waals surface area contributed by atoms with Gasteiger partial charge in [-0.15, -0.1) is 0 Å². The molecule has 0 spiro atoms. The zero-order valence-corrected chi connectivity index (χ0v) is 9.79. The van der Waals surface area contributed by atoms with E-state index in [2.05, 4.69) is 12.6 Å². The zero-order valence-electron chi connectivity index (χ0n) is 8.90. The van der Waals surface area contributed by atoms with E-state index in [9.17, 15) is 9.18 Å². The molecule has 2 nitrogen and oxygen atoms in total. The molecule has 0 bridgehead atoms. The Labute approximate surface area is 99.9 Å². The molecule has 1 aromatic rings. The average molecular weight is 239 g/mol. The third-order valence-electron chi connectivity index (χ3n) is 2.78. The number of benzene rings is 1. The number of nitrogens with zero attached hydrogens (tertiary/aromatic N) is 1. The zero-order chi connectivity index (χ0) is 11.5. The molecule has 86 valence electrons. The Kier molecular flexibility index (Phi) is 3.49. The van der Waals surface area contributed by atoms with Crippen LogP contribution in [0.4, 0.5) is 4.39 Å². The van der Waals surface area contributed by atoms with E-state index >= 15 is 0 Å². The number of hydrogen-bond donors (Lipinski definition) is 1. The molecule has 1 atom stereocenters. The van der Waals surface area contributed by atoms with Gasteiger partial charge in [0.05, 0.1) is 0 Å². The first-order valence-electron chi connectivity index (χ1n) is 5.35. The summed E-state index contributed by atoms with van der Waals surface area (Å²) >= 11 is 4.29. The van der Waals surface area contributed by atoms with Crippen LogP contribution in [0.25, 0.3) is 0 Å². The van der Waals surface area contributed by atoms with Crippen LogP contribution >= 0.6 is 12.6 Å². The summed E-state index contributed by atoms with van der Waals surface area (Å²) in [6, 6.07) is 6.41. The predicted octanol–water partition coefficient (Wildman–Crippen LogP) is 1.90. The highest BCUT2D eigenvalue weighted by Gasteiger charge is 2.26. The standard InChI is InChI=1S/C12H14FNOS/c13-10-3-1-9(2-4-10)5-6-14-8-11(16)7-12(14)15/h1-4,11,16H,5-8H2. The second-order valence-corrected chi connectivity index (χ2v) is 4.80. The summed E-state index contributed by atoms with van der Waals surface area (Å²) in [4.78, 5) is 13.3. The van der Waals surface area contributed by atoms with Gasteiger partial charge in [0.15, 0.2) is 0 Å². The second-order valence-electron chi connectivity index (χ2n) is 4.07.